The number of aryl methyl sites for hydroxylation is 1. The first-order valence-electron chi connectivity index (χ1n) is 15.5. The molecule has 3 aromatic heterocycles. The first-order chi connectivity index (χ1) is 22.8. The summed E-state index contributed by atoms with van der Waals surface area (Å²) in [7, 11) is 0. The molecule has 2 N–H and O–H groups in total. The fraction of sp³-hybridized carbons (Fsp3) is 0.333. The Kier molecular flexibility index (Phi) is 9.18. The van der Waals surface area contributed by atoms with Crippen molar-refractivity contribution in [2.45, 2.75) is 59.0 Å². The van der Waals surface area contributed by atoms with Crippen molar-refractivity contribution in [3.63, 3.8) is 0 Å². The van der Waals surface area contributed by atoms with Crippen molar-refractivity contribution < 1.29 is 28.6 Å². The van der Waals surface area contributed by atoms with E-state index in [1.54, 1.807) is 10.7 Å². The zero-order valence-corrected chi connectivity index (χ0v) is 26.4. The quantitative estimate of drug-likeness (QED) is 0.156. The molecule has 1 aliphatic heterocycles. The highest BCUT2D eigenvalue weighted by molar-refractivity contribution is 5.91. The van der Waals surface area contributed by atoms with Gasteiger partial charge in [-0.3, -0.25) is 14.8 Å². The molecule has 1 aliphatic rings. The molecule has 0 aliphatic carbocycles. The third kappa shape index (κ3) is 7.27. The number of carbonyl (C=O) groups is 3. The molecule has 14 nitrogen and oxygen atoms in total. The summed E-state index contributed by atoms with van der Waals surface area (Å²) >= 11 is 0. The van der Waals surface area contributed by atoms with Crippen LogP contribution < -0.4 is 10.6 Å². The van der Waals surface area contributed by atoms with E-state index in [9.17, 15) is 14.4 Å². The summed E-state index contributed by atoms with van der Waals surface area (Å²) in [5.41, 5.74) is 5.19. The lowest BCUT2D eigenvalue weighted by Gasteiger charge is -2.31. The largest absolute Gasteiger partial charge is 0.446 e. The highest BCUT2D eigenvalue weighted by Gasteiger charge is 2.28. The monoisotopic (exact) mass is 640 g/mol. The van der Waals surface area contributed by atoms with Crippen molar-refractivity contribution in [1.29, 1.82) is 0 Å². The Morgan fingerprint density at radius 3 is 2.57 bits per heavy atom. The van der Waals surface area contributed by atoms with Gasteiger partial charge in [-0.25, -0.2) is 19.1 Å². The number of likely N-dealkylation sites (tertiary alicyclic amines) is 1. The van der Waals surface area contributed by atoms with Crippen LogP contribution in [-0.4, -0.2) is 72.9 Å². The minimum absolute atomic E-state index is 0.337. The molecule has 0 radical (unpaired) electrons. The third-order valence-corrected chi connectivity index (χ3v) is 7.92. The maximum atomic E-state index is 13.0. The molecular weight excluding hydrogens is 604 g/mol. The lowest BCUT2D eigenvalue weighted by atomic mass is 10.1. The van der Waals surface area contributed by atoms with Gasteiger partial charge in [-0.2, -0.15) is 10.2 Å². The van der Waals surface area contributed by atoms with Crippen LogP contribution in [0, 0.1) is 0 Å². The average Bonchev–Trinajstić information content (AvgIpc) is 3.61. The predicted molar refractivity (Wildman–Crippen MR) is 173 cm³/mol. The van der Waals surface area contributed by atoms with Gasteiger partial charge in [0.15, 0.2) is 5.82 Å². The number of hydrogen-bond acceptors (Lipinski definition) is 10. The minimum Gasteiger partial charge on any atom is -0.446 e. The lowest BCUT2D eigenvalue weighted by Crippen LogP contribution is -2.43. The van der Waals surface area contributed by atoms with Crippen molar-refractivity contribution in [3.05, 3.63) is 78.4 Å². The molecule has 2 aromatic carbocycles. The number of hydrogen-bond donors (Lipinski definition) is 2. The standard InChI is InChI=1S/C33H36N8O6/c1-4-27-28(38-32(43)47-26-12-14-39(15-13-26)33(44)46-22(3)45-21(2)42)19-41-30(27)31(34-20-36-41)37-25-10-11-29-24(16-25)17-35-40(29)18-23-8-6-5-7-9-23/h5-11,16-17,19-20,22,26H,4,12-15,18H2,1-3H3,(H,38,43)(H,34,36,37). The molecule has 6 rings (SSSR count). The van der Waals surface area contributed by atoms with Gasteiger partial charge in [-0.1, -0.05) is 37.3 Å². The molecule has 4 heterocycles. The Balaban J connectivity index is 1.10. The summed E-state index contributed by atoms with van der Waals surface area (Å²) in [6, 6.07) is 16.2. The van der Waals surface area contributed by atoms with Crippen molar-refractivity contribution in [2.75, 3.05) is 23.7 Å². The van der Waals surface area contributed by atoms with Crippen molar-refractivity contribution >= 4 is 51.8 Å². The summed E-state index contributed by atoms with van der Waals surface area (Å²) in [6.45, 7) is 6.06. The Bertz CT molecular complexity index is 1900. The van der Waals surface area contributed by atoms with Crippen LogP contribution in [0.3, 0.4) is 0 Å². The maximum absolute atomic E-state index is 13.0. The Labute approximate surface area is 270 Å². The minimum atomic E-state index is -0.982. The van der Waals surface area contributed by atoms with Gasteiger partial charge in [0.1, 0.15) is 17.9 Å². The number of piperidine rings is 1. The Morgan fingerprint density at radius 1 is 1.04 bits per heavy atom. The van der Waals surface area contributed by atoms with Gasteiger partial charge < -0.3 is 24.4 Å². The number of nitrogens with zero attached hydrogens (tertiary/aromatic N) is 6. The zero-order valence-electron chi connectivity index (χ0n) is 26.4. The van der Waals surface area contributed by atoms with Crippen LogP contribution >= 0.6 is 0 Å². The van der Waals surface area contributed by atoms with E-state index in [-0.39, 0.29) is 6.10 Å². The van der Waals surface area contributed by atoms with E-state index >= 15 is 0 Å². The molecule has 1 fully saturated rings. The maximum Gasteiger partial charge on any atom is 0.412 e. The Hall–Kier alpha value is -5.66. The van der Waals surface area contributed by atoms with E-state index in [1.165, 1.54) is 30.6 Å². The van der Waals surface area contributed by atoms with Crippen LogP contribution in [0.25, 0.3) is 16.4 Å². The van der Waals surface area contributed by atoms with Crippen molar-refractivity contribution in [2.24, 2.45) is 0 Å². The number of benzene rings is 2. The summed E-state index contributed by atoms with van der Waals surface area (Å²) in [6.07, 6.45) is 3.99. The predicted octanol–water partition coefficient (Wildman–Crippen LogP) is 5.49. The van der Waals surface area contributed by atoms with E-state index in [1.807, 2.05) is 54.2 Å². The fourth-order valence-electron chi connectivity index (χ4n) is 5.74. The molecule has 1 saturated heterocycles. The van der Waals surface area contributed by atoms with Gasteiger partial charge in [-0.15, -0.1) is 0 Å². The number of fused-ring (bicyclic) bond motifs is 2. The summed E-state index contributed by atoms with van der Waals surface area (Å²) in [5.74, 6) is 0.0582. The van der Waals surface area contributed by atoms with Crippen molar-refractivity contribution in [3.8, 4) is 0 Å². The molecule has 2 amide bonds. The van der Waals surface area contributed by atoms with Gasteiger partial charge in [0.2, 0.25) is 6.29 Å². The number of esters is 1. The first kappa shape index (κ1) is 31.3. The number of carbonyl (C=O) groups excluding carboxylic acids is 3. The third-order valence-electron chi connectivity index (χ3n) is 7.92. The van der Waals surface area contributed by atoms with Crippen LogP contribution in [0.5, 0.6) is 0 Å². The van der Waals surface area contributed by atoms with E-state index in [4.69, 9.17) is 14.2 Å². The van der Waals surface area contributed by atoms with Crippen LogP contribution in [0.2, 0.25) is 0 Å². The van der Waals surface area contributed by atoms with E-state index < -0.39 is 24.4 Å². The van der Waals surface area contributed by atoms with Gasteiger partial charge in [0.25, 0.3) is 0 Å². The molecule has 5 aromatic rings. The number of nitrogens with one attached hydrogen (secondary N) is 2. The smallest absolute Gasteiger partial charge is 0.412 e. The topological polar surface area (TPSA) is 154 Å². The summed E-state index contributed by atoms with van der Waals surface area (Å²) in [5, 5.41) is 16.2. The molecular formula is C33H36N8O6. The molecule has 244 valence electrons. The SMILES string of the molecule is CCc1c(NC(=O)OC2CCN(C(=O)OC(C)OC(C)=O)CC2)cn2ncnc(Nc3ccc4c(cnn4Cc4ccccc4)c3)c12. The molecule has 1 atom stereocenters. The lowest BCUT2D eigenvalue weighted by molar-refractivity contribution is -0.163. The van der Waals surface area contributed by atoms with Crippen LogP contribution in [0.1, 0.15) is 44.7 Å². The van der Waals surface area contributed by atoms with E-state index in [0.717, 1.165) is 27.7 Å². The van der Waals surface area contributed by atoms with Crippen molar-refractivity contribution in [1.82, 2.24) is 29.3 Å². The summed E-state index contributed by atoms with van der Waals surface area (Å²) in [4.78, 5) is 42.4. The van der Waals surface area contributed by atoms with Crippen LogP contribution in [0.15, 0.2) is 67.3 Å². The molecule has 0 spiro atoms. The molecule has 47 heavy (non-hydrogen) atoms. The number of ether oxygens (including phenoxy) is 3. The van der Waals surface area contributed by atoms with Gasteiger partial charge in [0, 0.05) is 56.4 Å². The van der Waals surface area contributed by atoms with E-state index in [0.29, 0.717) is 50.4 Å². The molecule has 0 saturated carbocycles. The number of rotatable bonds is 9. The van der Waals surface area contributed by atoms with Gasteiger partial charge in [-0.05, 0) is 30.2 Å². The van der Waals surface area contributed by atoms with Crippen LogP contribution in [0.4, 0.5) is 26.8 Å². The summed E-state index contributed by atoms with van der Waals surface area (Å²) < 4.78 is 19.3. The first-order valence-corrected chi connectivity index (χ1v) is 15.5. The number of amides is 2. The fourth-order valence-corrected chi connectivity index (χ4v) is 5.74. The molecule has 0 bridgehead atoms. The Morgan fingerprint density at radius 2 is 1.83 bits per heavy atom. The molecule has 14 heteroatoms. The highest BCUT2D eigenvalue weighted by atomic mass is 16.7. The van der Waals surface area contributed by atoms with E-state index in [2.05, 4.69) is 37.9 Å². The van der Waals surface area contributed by atoms with Crippen LogP contribution in [-0.2, 0) is 32.0 Å². The average molecular weight is 641 g/mol. The number of anilines is 3. The second-order valence-corrected chi connectivity index (χ2v) is 11.2. The second kappa shape index (κ2) is 13.8. The normalized spacial score (nSPS) is 14.1. The second-order valence-electron chi connectivity index (χ2n) is 11.2. The van der Waals surface area contributed by atoms with Gasteiger partial charge in [0.05, 0.1) is 30.1 Å². The van der Waals surface area contributed by atoms with Gasteiger partial charge >= 0.3 is 18.2 Å². The molecule has 1 unspecified atom stereocenters. The zero-order chi connectivity index (χ0) is 32.9. The highest BCUT2D eigenvalue weighted by Crippen LogP contribution is 2.31. The number of aromatic nitrogens is 5.